The fraction of sp³-hybridized carbons (Fsp3) is 0.667. The van der Waals surface area contributed by atoms with Crippen molar-refractivity contribution in [2.75, 3.05) is 47.3 Å². The molecule has 1 fully saturated rings. The molecule has 2 rings (SSSR count). The lowest BCUT2D eigenvalue weighted by atomic mass is 9.99. The van der Waals surface area contributed by atoms with Gasteiger partial charge >= 0.3 is 0 Å². The summed E-state index contributed by atoms with van der Waals surface area (Å²) in [6.07, 6.45) is 3.76. The van der Waals surface area contributed by atoms with E-state index in [2.05, 4.69) is 27.4 Å². The van der Waals surface area contributed by atoms with Gasteiger partial charge in [0.05, 0.1) is 0 Å². The molecule has 0 bridgehead atoms. The van der Waals surface area contributed by atoms with Crippen LogP contribution in [-0.4, -0.2) is 63.1 Å². The van der Waals surface area contributed by atoms with Gasteiger partial charge < -0.3 is 20.4 Å². The van der Waals surface area contributed by atoms with E-state index in [1.54, 1.807) is 13.1 Å². The molecule has 27 heavy (non-hydrogen) atoms. The van der Waals surface area contributed by atoms with E-state index in [4.69, 9.17) is 0 Å². The zero-order valence-corrected chi connectivity index (χ0v) is 17.4. The van der Waals surface area contributed by atoms with E-state index in [-0.39, 0.29) is 5.82 Å². The Morgan fingerprint density at radius 2 is 2.00 bits per heavy atom. The van der Waals surface area contributed by atoms with E-state index in [0.717, 1.165) is 42.5 Å². The molecule has 0 aromatic heterocycles. The van der Waals surface area contributed by atoms with Crippen LogP contribution >= 0.6 is 0 Å². The molecule has 0 aliphatic carbocycles. The SMILES string of the molecule is CN=C(NCCCN1CCC(C)CC1)NCc1ccc(F)c(CN(C)C)c1. The first-order chi connectivity index (χ1) is 13.0. The Balaban J connectivity index is 1.71. The zero-order chi connectivity index (χ0) is 19.6. The molecular formula is C21H36FN5. The number of likely N-dealkylation sites (tertiary alicyclic amines) is 1. The summed E-state index contributed by atoms with van der Waals surface area (Å²) in [4.78, 5) is 8.81. The lowest BCUT2D eigenvalue weighted by Crippen LogP contribution is -2.39. The van der Waals surface area contributed by atoms with Crippen molar-refractivity contribution in [2.45, 2.75) is 39.3 Å². The summed E-state index contributed by atoms with van der Waals surface area (Å²) in [6, 6.07) is 5.30. The average Bonchev–Trinajstić information content (AvgIpc) is 2.64. The summed E-state index contributed by atoms with van der Waals surface area (Å²) in [5, 5.41) is 6.70. The van der Waals surface area contributed by atoms with Crippen molar-refractivity contribution in [1.29, 1.82) is 0 Å². The van der Waals surface area contributed by atoms with Crippen LogP contribution < -0.4 is 10.6 Å². The highest BCUT2D eigenvalue weighted by Crippen LogP contribution is 2.15. The van der Waals surface area contributed by atoms with Gasteiger partial charge in [-0.15, -0.1) is 0 Å². The number of nitrogens with zero attached hydrogens (tertiary/aromatic N) is 3. The van der Waals surface area contributed by atoms with Gasteiger partial charge in [-0.3, -0.25) is 4.99 Å². The number of guanidine groups is 1. The van der Waals surface area contributed by atoms with Crippen LogP contribution in [0.4, 0.5) is 4.39 Å². The van der Waals surface area contributed by atoms with E-state index < -0.39 is 0 Å². The Morgan fingerprint density at radius 3 is 2.67 bits per heavy atom. The molecule has 0 atom stereocenters. The van der Waals surface area contributed by atoms with Gasteiger partial charge in [-0.2, -0.15) is 0 Å². The third-order valence-electron chi connectivity index (χ3n) is 5.10. The van der Waals surface area contributed by atoms with Gasteiger partial charge in [0.2, 0.25) is 0 Å². The van der Waals surface area contributed by atoms with Gasteiger partial charge in [-0.05, 0) is 76.6 Å². The molecule has 152 valence electrons. The molecule has 1 aliphatic rings. The normalized spacial score (nSPS) is 16.7. The summed E-state index contributed by atoms with van der Waals surface area (Å²) in [5.41, 5.74) is 1.77. The van der Waals surface area contributed by atoms with Gasteiger partial charge in [-0.25, -0.2) is 4.39 Å². The highest BCUT2D eigenvalue weighted by Gasteiger charge is 2.14. The van der Waals surface area contributed by atoms with Crippen molar-refractivity contribution < 1.29 is 4.39 Å². The predicted molar refractivity (Wildman–Crippen MR) is 111 cm³/mol. The summed E-state index contributed by atoms with van der Waals surface area (Å²) in [6.45, 7) is 8.08. The maximum absolute atomic E-state index is 13.9. The number of piperidine rings is 1. The fourth-order valence-electron chi connectivity index (χ4n) is 3.40. The largest absolute Gasteiger partial charge is 0.356 e. The standard InChI is InChI=1S/C21H36FN5/c1-17-8-12-27(13-9-17)11-5-10-24-21(23-2)25-15-18-6-7-20(22)19(14-18)16-26(3)4/h6-7,14,17H,5,8-13,15-16H2,1-4H3,(H2,23,24,25). The van der Waals surface area contributed by atoms with Gasteiger partial charge in [0.25, 0.3) is 0 Å². The van der Waals surface area contributed by atoms with Crippen molar-refractivity contribution in [2.24, 2.45) is 10.9 Å². The lowest BCUT2D eigenvalue weighted by Gasteiger charge is -2.30. The van der Waals surface area contributed by atoms with E-state index >= 15 is 0 Å². The first kappa shape index (κ1) is 21.6. The maximum Gasteiger partial charge on any atom is 0.191 e. The second-order valence-corrected chi connectivity index (χ2v) is 7.89. The second kappa shape index (κ2) is 11.2. The smallest absolute Gasteiger partial charge is 0.191 e. The Bertz CT molecular complexity index is 594. The Labute approximate surface area is 164 Å². The molecule has 1 aromatic carbocycles. The lowest BCUT2D eigenvalue weighted by molar-refractivity contribution is 0.191. The molecule has 1 aromatic rings. The maximum atomic E-state index is 13.9. The molecule has 0 unspecified atom stereocenters. The third kappa shape index (κ3) is 7.85. The highest BCUT2D eigenvalue weighted by molar-refractivity contribution is 5.79. The Hall–Kier alpha value is -1.66. The van der Waals surface area contributed by atoms with Crippen LogP contribution in [0.1, 0.15) is 37.3 Å². The average molecular weight is 378 g/mol. The van der Waals surface area contributed by atoms with Crippen LogP contribution in [0.15, 0.2) is 23.2 Å². The number of rotatable bonds is 8. The zero-order valence-electron chi connectivity index (χ0n) is 17.4. The number of benzene rings is 1. The first-order valence-corrected chi connectivity index (χ1v) is 10.1. The van der Waals surface area contributed by atoms with Crippen molar-refractivity contribution in [3.8, 4) is 0 Å². The van der Waals surface area contributed by atoms with Crippen LogP contribution in [-0.2, 0) is 13.1 Å². The molecule has 6 heteroatoms. The molecular weight excluding hydrogens is 341 g/mol. The summed E-state index contributed by atoms with van der Waals surface area (Å²) in [7, 11) is 5.67. The summed E-state index contributed by atoms with van der Waals surface area (Å²) >= 11 is 0. The third-order valence-corrected chi connectivity index (χ3v) is 5.10. The Morgan fingerprint density at radius 1 is 1.26 bits per heavy atom. The van der Waals surface area contributed by atoms with Crippen LogP contribution in [0.25, 0.3) is 0 Å². The monoisotopic (exact) mass is 377 g/mol. The van der Waals surface area contributed by atoms with Crippen LogP contribution in [0.3, 0.4) is 0 Å². The van der Waals surface area contributed by atoms with Gasteiger partial charge in [-0.1, -0.05) is 13.0 Å². The molecule has 0 amide bonds. The quantitative estimate of drug-likeness (QED) is 0.415. The molecule has 0 radical (unpaired) electrons. The van der Waals surface area contributed by atoms with Crippen molar-refractivity contribution >= 4 is 5.96 Å². The van der Waals surface area contributed by atoms with Crippen molar-refractivity contribution in [1.82, 2.24) is 20.4 Å². The number of hydrogen-bond donors (Lipinski definition) is 2. The molecule has 2 N–H and O–H groups in total. The molecule has 1 aliphatic heterocycles. The van der Waals surface area contributed by atoms with E-state index in [1.165, 1.54) is 25.9 Å². The van der Waals surface area contributed by atoms with E-state index in [1.807, 2.05) is 31.1 Å². The van der Waals surface area contributed by atoms with Crippen LogP contribution in [0.2, 0.25) is 0 Å². The summed E-state index contributed by atoms with van der Waals surface area (Å²) in [5.74, 6) is 1.52. The number of aliphatic imine (C=N–C) groups is 1. The topological polar surface area (TPSA) is 42.9 Å². The molecule has 1 saturated heterocycles. The minimum atomic E-state index is -0.151. The van der Waals surface area contributed by atoms with Gasteiger partial charge in [0, 0.05) is 32.2 Å². The van der Waals surface area contributed by atoms with Gasteiger partial charge in [0.1, 0.15) is 5.82 Å². The summed E-state index contributed by atoms with van der Waals surface area (Å²) < 4.78 is 13.9. The Kier molecular flexibility index (Phi) is 9.01. The molecule has 0 spiro atoms. The van der Waals surface area contributed by atoms with E-state index in [9.17, 15) is 4.39 Å². The van der Waals surface area contributed by atoms with Crippen molar-refractivity contribution in [3.05, 3.63) is 35.1 Å². The van der Waals surface area contributed by atoms with Crippen LogP contribution in [0.5, 0.6) is 0 Å². The minimum Gasteiger partial charge on any atom is -0.356 e. The molecule has 1 heterocycles. The van der Waals surface area contributed by atoms with Crippen LogP contribution in [0, 0.1) is 11.7 Å². The van der Waals surface area contributed by atoms with Gasteiger partial charge in [0.15, 0.2) is 5.96 Å². The van der Waals surface area contributed by atoms with Crippen molar-refractivity contribution in [3.63, 3.8) is 0 Å². The molecule has 0 saturated carbocycles. The second-order valence-electron chi connectivity index (χ2n) is 7.89. The number of nitrogens with one attached hydrogen (secondary N) is 2. The first-order valence-electron chi connectivity index (χ1n) is 10.1. The predicted octanol–water partition coefficient (Wildman–Crippen LogP) is 2.67. The van der Waals surface area contributed by atoms with E-state index in [0.29, 0.717) is 13.1 Å². The minimum absolute atomic E-state index is 0.151. The molecule has 5 nitrogen and oxygen atoms in total. The number of hydrogen-bond acceptors (Lipinski definition) is 3. The fourth-order valence-corrected chi connectivity index (χ4v) is 3.40. The number of halogens is 1. The highest BCUT2D eigenvalue weighted by atomic mass is 19.1.